The maximum Gasteiger partial charge on any atom is 0.327 e. The summed E-state index contributed by atoms with van der Waals surface area (Å²) in [7, 11) is -3.34. The van der Waals surface area contributed by atoms with E-state index in [2.05, 4.69) is 27.7 Å². The Morgan fingerprint density at radius 3 is 1.17 bits per heavy atom. The quantitative estimate of drug-likeness (QED) is 0.168. The number of ketones is 1. The summed E-state index contributed by atoms with van der Waals surface area (Å²) >= 11 is 0. The van der Waals surface area contributed by atoms with Crippen LogP contribution in [0.3, 0.4) is 0 Å². The Morgan fingerprint density at radius 1 is 0.600 bits per heavy atom. The molecule has 0 radical (unpaired) electrons. The molecule has 0 saturated carbocycles. The smallest absolute Gasteiger partial charge is 0.327 e. The molecule has 180 valence electrons. The monoisotopic (exact) mass is 462 g/mol. The highest BCUT2D eigenvalue weighted by atomic mass is 28.3. The molecule has 0 aromatic rings. The number of carbonyl (C=O) groups is 1. The first-order valence-corrected chi connectivity index (χ1v) is 15.2. The lowest BCUT2D eigenvalue weighted by atomic mass is 10.00. The normalized spacial score (nSPS) is 12.9. The van der Waals surface area contributed by atoms with Crippen molar-refractivity contribution in [2.45, 2.75) is 117 Å². The average Bonchev–Trinajstić information content (AvgIpc) is 2.68. The second-order valence-electron chi connectivity index (χ2n) is 9.42. The molecule has 30 heavy (non-hydrogen) atoms. The minimum absolute atomic E-state index is 0.0994. The minimum Gasteiger partial charge on any atom is -0.397 e. The first-order chi connectivity index (χ1) is 14.1. The van der Waals surface area contributed by atoms with Crippen LogP contribution in [0.4, 0.5) is 0 Å². The molecular weight excluding hydrogens is 412 g/mol. The van der Waals surface area contributed by atoms with Crippen LogP contribution in [0.5, 0.6) is 0 Å². The molecule has 0 N–H and O–H groups in total. The zero-order valence-electron chi connectivity index (χ0n) is 21.2. The van der Waals surface area contributed by atoms with Gasteiger partial charge in [-0.15, -0.1) is 0 Å². The van der Waals surface area contributed by atoms with Crippen LogP contribution in [-0.4, -0.2) is 50.8 Å². The minimum atomic E-state index is -1.67. The highest BCUT2D eigenvalue weighted by molar-refractivity contribution is 6.48. The van der Waals surface area contributed by atoms with Crippen LogP contribution < -0.4 is 0 Å². The van der Waals surface area contributed by atoms with E-state index in [1.165, 1.54) is 0 Å². The molecule has 0 unspecified atom stereocenters. The highest BCUT2D eigenvalue weighted by Gasteiger charge is 2.34. The van der Waals surface area contributed by atoms with E-state index in [1.807, 2.05) is 27.7 Å². The molecule has 0 aromatic heterocycles. The lowest BCUT2D eigenvalue weighted by Gasteiger charge is -2.31. The van der Waals surface area contributed by atoms with Crippen LogP contribution >= 0.6 is 0 Å². The summed E-state index contributed by atoms with van der Waals surface area (Å²) in [6, 6.07) is 0. The van der Waals surface area contributed by atoms with E-state index in [-0.39, 0.29) is 10.1 Å². The predicted octanol–water partition coefficient (Wildman–Crippen LogP) is 5.82. The van der Waals surface area contributed by atoms with Gasteiger partial charge in [-0.25, -0.2) is 0 Å². The fraction of sp³-hybridized carbons (Fsp3) is 0.957. The van der Waals surface area contributed by atoms with Gasteiger partial charge in [0.2, 0.25) is 0 Å². The van der Waals surface area contributed by atoms with E-state index >= 15 is 0 Å². The molecule has 7 heteroatoms. The van der Waals surface area contributed by atoms with Gasteiger partial charge >= 0.3 is 18.6 Å². The van der Waals surface area contributed by atoms with E-state index in [0.29, 0.717) is 45.1 Å². The maximum atomic E-state index is 12.3. The zero-order chi connectivity index (χ0) is 23.0. The first-order valence-electron chi connectivity index (χ1n) is 12.1. The van der Waals surface area contributed by atoms with Gasteiger partial charge in [0.1, 0.15) is 5.78 Å². The van der Waals surface area contributed by atoms with Gasteiger partial charge in [0.05, 0.1) is 0 Å². The Bertz CT molecular complexity index is 393. The second kappa shape index (κ2) is 16.6. The SMILES string of the molecule is CCO[SiH](OCC)C(C)(C)CCCCC(=O)CCCCC(C)(C)[SiH](OCC)OCC. The van der Waals surface area contributed by atoms with E-state index in [1.54, 1.807) is 0 Å². The standard InChI is InChI=1S/C23H50O5Si2/c1-9-25-29(26-10-2)22(5,6)19-15-13-17-21(24)18-14-16-20-23(7,8)30(27-11-3)28-12-4/h29-30H,9-20H2,1-8H3. The lowest BCUT2D eigenvalue weighted by Crippen LogP contribution is -2.35. The van der Waals surface area contributed by atoms with Crippen molar-refractivity contribution >= 4 is 24.4 Å². The summed E-state index contributed by atoms with van der Waals surface area (Å²) in [5, 5.41) is 0.199. The van der Waals surface area contributed by atoms with Gasteiger partial charge in [-0.3, -0.25) is 4.79 Å². The van der Waals surface area contributed by atoms with E-state index in [4.69, 9.17) is 17.7 Å². The molecule has 0 spiro atoms. The van der Waals surface area contributed by atoms with Crippen LogP contribution in [0.1, 0.15) is 107 Å². The molecule has 0 aliphatic carbocycles. The predicted molar refractivity (Wildman–Crippen MR) is 131 cm³/mol. The third-order valence-corrected chi connectivity index (χ3v) is 11.3. The number of hydrogen-bond donors (Lipinski definition) is 0. The summed E-state index contributed by atoms with van der Waals surface area (Å²) in [5.74, 6) is 0.400. The zero-order valence-corrected chi connectivity index (χ0v) is 23.5. The lowest BCUT2D eigenvalue weighted by molar-refractivity contribution is -0.119. The first kappa shape index (κ1) is 29.9. The molecule has 0 amide bonds. The summed E-state index contributed by atoms with van der Waals surface area (Å²) in [6.45, 7) is 20.0. The Kier molecular flexibility index (Phi) is 16.5. The molecule has 0 fully saturated rings. The van der Waals surface area contributed by atoms with Crippen molar-refractivity contribution in [3.63, 3.8) is 0 Å². The highest BCUT2D eigenvalue weighted by Crippen LogP contribution is 2.37. The molecular formula is C23H50O5Si2. The third-order valence-electron chi connectivity index (χ3n) is 5.60. The third kappa shape index (κ3) is 12.7. The number of carbonyl (C=O) groups excluding carboxylic acids is 1. The van der Waals surface area contributed by atoms with Crippen LogP contribution in [0.25, 0.3) is 0 Å². The average molecular weight is 463 g/mol. The molecule has 0 rings (SSSR count). The van der Waals surface area contributed by atoms with Crippen molar-refractivity contribution < 1.29 is 22.5 Å². The second-order valence-corrected chi connectivity index (χ2v) is 15.2. The molecule has 0 aliphatic heterocycles. The van der Waals surface area contributed by atoms with E-state index in [9.17, 15) is 4.79 Å². The summed E-state index contributed by atoms with van der Waals surface area (Å²) in [5.41, 5.74) is 0. The molecule has 0 aromatic carbocycles. The van der Waals surface area contributed by atoms with Crippen LogP contribution in [0, 0.1) is 0 Å². The van der Waals surface area contributed by atoms with Crippen molar-refractivity contribution in [1.82, 2.24) is 0 Å². The van der Waals surface area contributed by atoms with Crippen molar-refractivity contribution in [2.24, 2.45) is 0 Å². The van der Waals surface area contributed by atoms with Crippen LogP contribution in [-0.2, 0) is 22.5 Å². The van der Waals surface area contributed by atoms with Gasteiger partial charge in [-0.2, -0.15) is 0 Å². The Labute approximate surface area is 190 Å². The number of Topliss-reactive ketones (excluding diaryl/α,β-unsaturated/α-hetero) is 1. The van der Waals surface area contributed by atoms with Gasteiger partial charge in [0.15, 0.2) is 0 Å². The fourth-order valence-corrected chi connectivity index (χ4v) is 7.86. The Hall–Kier alpha value is -0.0562. The van der Waals surface area contributed by atoms with Crippen molar-refractivity contribution in [1.29, 1.82) is 0 Å². The summed E-state index contributed by atoms with van der Waals surface area (Å²) < 4.78 is 23.6. The van der Waals surface area contributed by atoms with Gasteiger partial charge in [-0.1, -0.05) is 40.5 Å². The van der Waals surface area contributed by atoms with E-state index in [0.717, 1.165) is 38.5 Å². The Morgan fingerprint density at radius 2 is 0.900 bits per heavy atom. The largest absolute Gasteiger partial charge is 0.397 e. The van der Waals surface area contributed by atoms with Gasteiger partial charge in [0, 0.05) is 49.3 Å². The molecule has 0 bridgehead atoms. The molecule has 0 aliphatic rings. The maximum absolute atomic E-state index is 12.3. The fourth-order valence-electron chi connectivity index (χ4n) is 3.77. The topological polar surface area (TPSA) is 54.0 Å². The van der Waals surface area contributed by atoms with E-state index < -0.39 is 18.6 Å². The van der Waals surface area contributed by atoms with Crippen LogP contribution in [0.15, 0.2) is 0 Å². The molecule has 0 heterocycles. The summed E-state index contributed by atoms with van der Waals surface area (Å²) in [6.07, 6.45) is 7.58. The van der Waals surface area contributed by atoms with Gasteiger partial charge in [-0.05, 0) is 53.4 Å². The van der Waals surface area contributed by atoms with Crippen LogP contribution in [0.2, 0.25) is 10.1 Å². The van der Waals surface area contributed by atoms with Gasteiger partial charge < -0.3 is 17.7 Å². The summed E-state index contributed by atoms with van der Waals surface area (Å²) in [4.78, 5) is 12.3. The number of unbranched alkanes of at least 4 members (excludes halogenated alkanes) is 2. The molecule has 0 saturated heterocycles. The van der Waals surface area contributed by atoms with Crippen molar-refractivity contribution in [2.75, 3.05) is 26.4 Å². The van der Waals surface area contributed by atoms with Crippen molar-refractivity contribution in [3.8, 4) is 0 Å². The van der Waals surface area contributed by atoms with Gasteiger partial charge in [0.25, 0.3) is 0 Å². The number of hydrogen-bond acceptors (Lipinski definition) is 5. The molecule has 0 atom stereocenters. The number of rotatable bonds is 20. The molecule has 5 nitrogen and oxygen atoms in total. The van der Waals surface area contributed by atoms with Crippen molar-refractivity contribution in [3.05, 3.63) is 0 Å². The Balaban J connectivity index is 4.13.